The number of likely N-dealkylation sites (tertiary alicyclic amines) is 1. The second-order valence-electron chi connectivity index (χ2n) is 6.12. The Morgan fingerprint density at radius 2 is 2.08 bits per heavy atom. The number of para-hydroxylation sites is 1. The summed E-state index contributed by atoms with van der Waals surface area (Å²) in [5.74, 6) is 0.461. The molecule has 126 valence electrons. The summed E-state index contributed by atoms with van der Waals surface area (Å²) in [6.45, 7) is 5.41. The van der Waals surface area contributed by atoms with Crippen LogP contribution in [0.25, 0.3) is 0 Å². The van der Waals surface area contributed by atoms with Crippen LogP contribution in [0.2, 0.25) is 0 Å². The van der Waals surface area contributed by atoms with Crippen LogP contribution in [-0.4, -0.2) is 29.8 Å². The van der Waals surface area contributed by atoms with Gasteiger partial charge in [0.1, 0.15) is 5.76 Å². The number of carbonyl (C=O) groups is 2. The molecule has 1 aliphatic heterocycles. The predicted octanol–water partition coefficient (Wildman–Crippen LogP) is 2.99. The number of aryl methyl sites for hydroxylation is 1. The lowest BCUT2D eigenvalue weighted by Crippen LogP contribution is -2.37. The Hall–Kier alpha value is -2.56. The fourth-order valence-electron chi connectivity index (χ4n) is 3.21. The molecule has 2 amide bonds. The van der Waals surface area contributed by atoms with Crippen molar-refractivity contribution in [3.8, 4) is 0 Å². The van der Waals surface area contributed by atoms with Gasteiger partial charge in [0.05, 0.1) is 18.7 Å². The summed E-state index contributed by atoms with van der Waals surface area (Å²) >= 11 is 0. The summed E-state index contributed by atoms with van der Waals surface area (Å²) in [7, 11) is 0. The minimum Gasteiger partial charge on any atom is -0.467 e. The van der Waals surface area contributed by atoms with Gasteiger partial charge in [0.25, 0.3) is 0 Å². The highest BCUT2D eigenvalue weighted by atomic mass is 16.3. The van der Waals surface area contributed by atoms with Crippen molar-refractivity contribution >= 4 is 17.5 Å². The van der Waals surface area contributed by atoms with Gasteiger partial charge in [0.2, 0.25) is 11.8 Å². The van der Waals surface area contributed by atoms with E-state index in [-0.39, 0.29) is 24.2 Å². The van der Waals surface area contributed by atoms with Crippen LogP contribution in [0.3, 0.4) is 0 Å². The van der Waals surface area contributed by atoms with Crippen LogP contribution in [0.5, 0.6) is 0 Å². The molecule has 0 saturated carbocycles. The van der Waals surface area contributed by atoms with Crippen molar-refractivity contribution in [1.29, 1.82) is 0 Å². The fourth-order valence-corrected chi connectivity index (χ4v) is 3.21. The predicted molar refractivity (Wildman–Crippen MR) is 91.4 cm³/mol. The van der Waals surface area contributed by atoms with Gasteiger partial charge in [-0.15, -0.1) is 0 Å². The van der Waals surface area contributed by atoms with E-state index in [1.807, 2.05) is 44.2 Å². The number of hydrogen-bond acceptors (Lipinski definition) is 3. The molecule has 0 aliphatic carbocycles. The van der Waals surface area contributed by atoms with Gasteiger partial charge in [-0.3, -0.25) is 9.59 Å². The second kappa shape index (κ2) is 6.91. The van der Waals surface area contributed by atoms with Gasteiger partial charge < -0.3 is 14.2 Å². The van der Waals surface area contributed by atoms with E-state index < -0.39 is 0 Å². The van der Waals surface area contributed by atoms with Crippen molar-refractivity contribution < 1.29 is 14.0 Å². The Balaban J connectivity index is 1.73. The van der Waals surface area contributed by atoms with E-state index in [2.05, 4.69) is 0 Å². The summed E-state index contributed by atoms with van der Waals surface area (Å²) < 4.78 is 5.30. The number of benzene rings is 1. The van der Waals surface area contributed by atoms with E-state index in [4.69, 9.17) is 4.42 Å². The lowest BCUT2D eigenvalue weighted by molar-refractivity contribution is -0.129. The molecule has 1 atom stereocenters. The van der Waals surface area contributed by atoms with Crippen LogP contribution in [0, 0.1) is 12.8 Å². The Kier molecular flexibility index (Phi) is 4.69. The van der Waals surface area contributed by atoms with Crippen LogP contribution in [0.15, 0.2) is 47.1 Å². The van der Waals surface area contributed by atoms with Crippen LogP contribution in [0.1, 0.15) is 24.7 Å². The number of anilines is 1. The first kappa shape index (κ1) is 16.3. The molecule has 1 aromatic heterocycles. The van der Waals surface area contributed by atoms with Gasteiger partial charge in [-0.2, -0.15) is 0 Å². The molecule has 1 aliphatic rings. The third-order valence-electron chi connectivity index (χ3n) is 4.48. The molecular weight excluding hydrogens is 304 g/mol. The van der Waals surface area contributed by atoms with Gasteiger partial charge in [0.15, 0.2) is 0 Å². The maximum Gasteiger partial charge on any atom is 0.232 e. The van der Waals surface area contributed by atoms with Gasteiger partial charge in [-0.1, -0.05) is 18.2 Å². The summed E-state index contributed by atoms with van der Waals surface area (Å²) in [5, 5.41) is 0. The Labute approximate surface area is 141 Å². The van der Waals surface area contributed by atoms with Crippen LogP contribution < -0.4 is 4.90 Å². The zero-order chi connectivity index (χ0) is 17.1. The Bertz CT molecular complexity index is 724. The summed E-state index contributed by atoms with van der Waals surface area (Å²) in [6, 6.07) is 11.5. The van der Waals surface area contributed by atoms with Gasteiger partial charge in [-0.25, -0.2) is 0 Å². The Morgan fingerprint density at radius 1 is 1.29 bits per heavy atom. The fraction of sp³-hybridized carbons (Fsp3) is 0.368. The second-order valence-corrected chi connectivity index (χ2v) is 6.12. The largest absolute Gasteiger partial charge is 0.467 e. The van der Waals surface area contributed by atoms with Crippen LogP contribution in [-0.2, 0) is 16.1 Å². The number of hydrogen-bond donors (Lipinski definition) is 0. The number of amides is 2. The molecule has 0 bridgehead atoms. The van der Waals surface area contributed by atoms with Crippen molar-refractivity contribution in [2.45, 2.75) is 26.8 Å². The molecule has 2 heterocycles. The SMILES string of the molecule is CCN(C(=O)[C@H]1CC(=O)N(Cc2ccco2)C1)c1ccccc1C. The van der Waals surface area contributed by atoms with Crippen molar-refractivity contribution in [3.63, 3.8) is 0 Å². The van der Waals surface area contributed by atoms with E-state index in [1.165, 1.54) is 0 Å². The summed E-state index contributed by atoms with van der Waals surface area (Å²) in [6.07, 6.45) is 1.86. The van der Waals surface area contributed by atoms with Gasteiger partial charge in [-0.05, 0) is 37.6 Å². The van der Waals surface area contributed by atoms with E-state index in [0.29, 0.717) is 19.6 Å². The van der Waals surface area contributed by atoms with Gasteiger partial charge >= 0.3 is 0 Å². The highest BCUT2D eigenvalue weighted by Gasteiger charge is 2.37. The first-order valence-electron chi connectivity index (χ1n) is 8.27. The highest BCUT2D eigenvalue weighted by molar-refractivity contribution is 5.99. The molecule has 5 nitrogen and oxygen atoms in total. The monoisotopic (exact) mass is 326 g/mol. The molecule has 1 saturated heterocycles. The topological polar surface area (TPSA) is 53.8 Å². The zero-order valence-electron chi connectivity index (χ0n) is 14.1. The average Bonchev–Trinajstić information content (AvgIpc) is 3.20. The van der Waals surface area contributed by atoms with Crippen molar-refractivity contribution in [3.05, 3.63) is 54.0 Å². The molecule has 0 spiro atoms. The first-order valence-corrected chi connectivity index (χ1v) is 8.27. The quantitative estimate of drug-likeness (QED) is 0.849. The zero-order valence-corrected chi connectivity index (χ0v) is 14.1. The smallest absolute Gasteiger partial charge is 0.232 e. The van der Waals surface area contributed by atoms with Gasteiger partial charge in [0, 0.05) is 25.2 Å². The Morgan fingerprint density at radius 3 is 2.75 bits per heavy atom. The van der Waals surface area contributed by atoms with Crippen molar-refractivity contribution in [2.75, 3.05) is 18.0 Å². The van der Waals surface area contributed by atoms with Crippen LogP contribution in [0.4, 0.5) is 5.69 Å². The third kappa shape index (κ3) is 3.20. The van der Waals surface area contributed by atoms with E-state index >= 15 is 0 Å². The summed E-state index contributed by atoms with van der Waals surface area (Å²) in [4.78, 5) is 28.7. The summed E-state index contributed by atoms with van der Waals surface area (Å²) in [5.41, 5.74) is 1.98. The average molecular weight is 326 g/mol. The minimum atomic E-state index is -0.299. The molecule has 5 heteroatoms. The number of nitrogens with zero attached hydrogens (tertiary/aromatic N) is 2. The molecule has 3 rings (SSSR count). The maximum atomic E-state index is 12.9. The molecule has 1 fully saturated rings. The molecule has 1 aromatic carbocycles. The molecule has 0 radical (unpaired) electrons. The van der Waals surface area contributed by atoms with Crippen molar-refractivity contribution in [1.82, 2.24) is 4.90 Å². The lowest BCUT2D eigenvalue weighted by atomic mass is 10.1. The first-order chi connectivity index (χ1) is 11.6. The number of rotatable bonds is 5. The lowest BCUT2D eigenvalue weighted by Gasteiger charge is -2.25. The molecular formula is C19H22N2O3. The molecule has 24 heavy (non-hydrogen) atoms. The molecule has 0 unspecified atom stereocenters. The normalized spacial score (nSPS) is 17.3. The maximum absolute atomic E-state index is 12.9. The van der Waals surface area contributed by atoms with E-state index in [0.717, 1.165) is 17.0 Å². The van der Waals surface area contributed by atoms with E-state index in [1.54, 1.807) is 22.1 Å². The highest BCUT2D eigenvalue weighted by Crippen LogP contribution is 2.26. The molecule has 2 aromatic rings. The van der Waals surface area contributed by atoms with Crippen molar-refractivity contribution in [2.24, 2.45) is 5.92 Å². The third-order valence-corrected chi connectivity index (χ3v) is 4.48. The number of carbonyl (C=O) groups excluding carboxylic acids is 2. The minimum absolute atomic E-state index is 0.00517. The molecule has 0 N–H and O–H groups in total. The van der Waals surface area contributed by atoms with Crippen LogP contribution >= 0.6 is 0 Å². The number of furan rings is 1. The van der Waals surface area contributed by atoms with E-state index in [9.17, 15) is 9.59 Å². The standard InChI is InChI=1S/C19H22N2O3/c1-3-21(17-9-5-4-7-14(17)2)19(23)15-11-18(22)20(12-15)13-16-8-6-10-24-16/h4-10,15H,3,11-13H2,1-2H3/t15-/m0/s1.